The number of para-hydroxylation sites is 1. The lowest BCUT2D eigenvalue weighted by atomic mass is 10.0. The van der Waals surface area contributed by atoms with Gasteiger partial charge in [-0.3, -0.25) is 15.1 Å². The zero-order valence-corrected chi connectivity index (χ0v) is 15.9. The number of hydrogen-bond acceptors (Lipinski definition) is 4. The number of rotatable bonds is 3. The van der Waals surface area contributed by atoms with E-state index in [2.05, 4.69) is 49.4 Å². The van der Waals surface area contributed by atoms with Gasteiger partial charge in [0.25, 0.3) is 0 Å². The minimum Gasteiger partial charge on any atom is -0.337 e. The summed E-state index contributed by atoms with van der Waals surface area (Å²) in [5.41, 5.74) is 7.85. The Balaban J connectivity index is 1.52. The molecule has 2 N–H and O–H groups in total. The summed E-state index contributed by atoms with van der Waals surface area (Å²) in [5, 5.41) is 8.68. The Morgan fingerprint density at radius 1 is 0.700 bits per heavy atom. The molecule has 2 aromatic carbocycles. The van der Waals surface area contributed by atoms with Crippen LogP contribution in [0.5, 0.6) is 0 Å². The van der Waals surface area contributed by atoms with Crippen molar-refractivity contribution in [3.8, 4) is 33.8 Å². The molecule has 0 aliphatic heterocycles. The molecular weight excluding hydrogens is 372 g/mol. The van der Waals surface area contributed by atoms with E-state index in [1.165, 1.54) is 0 Å². The second kappa shape index (κ2) is 6.63. The Morgan fingerprint density at radius 2 is 1.53 bits per heavy atom. The van der Waals surface area contributed by atoms with E-state index in [0.717, 1.165) is 55.7 Å². The average Bonchev–Trinajstić information content (AvgIpc) is 3.43. The summed E-state index contributed by atoms with van der Waals surface area (Å²) >= 11 is 0. The lowest BCUT2D eigenvalue weighted by Gasteiger charge is -2.01. The van der Waals surface area contributed by atoms with Gasteiger partial charge in [-0.15, -0.1) is 0 Å². The van der Waals surface area contributed by atoms with Crippen LogP contribution in [0.3, 0.4) is 0 Å². The molecule has 0 unspecified atom stereocenters. The molecule has 0 atom stereocenters. The van der Waals surface area contributed by atoms with Gasteiger partial charge in [0.05, 0.1) is 16.6 Å². The number of aromatic nitrogens is 6. The first-order valence-corrected chi connectivity index (χ1v) is 9.65. The Bertz CT molecular complexity index is 1480. The van der Waals surface area contributed by atoms with Crippen LogP contribution in [0.15, 0.2) is 85.5 Å². The van der Waals surface area contributed by atoms with Gasteiger partial charge in [-0.1, -0.05) is 30.3 Å². The average molecular weight is 388 g/mol. The molecule has 142 valence electrons. The summed E-state index contributed by atoms with van der Waals surface area (Å²) in [7, 11) is 0. The zero-order valence-electron chi connectivity index (χ0n) is 15.9. The molecule has 0 aliphatic rings. The van der Waals surface area contributed by atoms with Crippen molar-refractivity contribution in [1.82, 2.24) is 30.1 Å². The highest BCUT2D eigenvalue weighted by Crippen LogP contribution is 2.32. The Morgan fingerprint density at radius 3 is 2.33 bits per heavy atom. The predicted molar refractivity (Wildman–Crippen MR) is 118 cm³/mol. The third-order valence-corrected chi connectivity index (χ3v) is 5.27. The molecule has 4 aromatic heterocycles. The first-order valence-electron chi connectivity index (χ1n) is 9.65. The standard InChI is InChI=1S/C24H16N6/c1-6-18(17-5-3-11-26-14-17)22-21(7-1)27-24(28-22)23-19-12-15(8-9-20(19)29-30-23)16-4-2-10-25-13-16/h1-14H,(H,27,28)(H,29,30). The minimum absolute atomic E-state index is 0.732. The zero-order chi connectivity index (χ0) is 19.9. The van der Waals surface area contributed by atoms with Crippen molar-refractivity contribution in [2.24, 2.45) is 0 Å². The highest BCUT2D eigenvalue weighted by atomic mass is 15.1. The third-order valence-electron chi connectivity index (χ3n) is 5.27. The van der Waals surface area contributed by atoms with Crippen LogP contribution < -0.4 is 0 Å². The van der Waals surface area contributed by atoms with Crippen LogP contribution in [0, 0.1) is 0 Å². The monoisotopic (exact) mass is 388 g/mol. The predicted octanol–water partition coefficient (Wildman–Crippen LogP) is 5.23. The molecule has 0 bridgehead atoms. The topological polar surface area (TPSA) is 83.1 Å². The molecule has 0 radical (unpaired) electrons. The number of hydrogen-bond donors (Lipinski definition) is 2. The first-order chi connectivity index (χ1) is 14.9. The number of H-pyrrole nitrogens is 2. The van der Waals surface area contributed by atoms with E-state index in [-0.39, 0.29) is 0 Å². The summed E-state index contributed by atoms with van der Waals surface area (Å²) in [6, 6.07) is 20.3. The second-order valence-electron chi connectivity index (χ2n) is 7.10. The highest BCUT2D eigenvalue weighted by Gasteiger charge is 2.15. The van der Waals surface area contributed by atoms with Crippen molar-refractivity contribution in [3.05, 3.63) is 85.5 Å². The van der Waals surface area contributed by atoms with Crippen LogP contribution in [-0.2, 0) is 0 Å². The van der Waals surface area contributed by atoms with Crippen molar-refractivity contribution in [2.75, 3.05) is 0 Å². The Kier molecular flexibility index (Phi) is 3.67. The molecule has 6 nitrogen and oxygen atoms in total. The van der Waals surface area contributed by atoms with E-state index < -0.39 is 0 Å². The molecular formula is C24H16N6. The Hall–Kier alpha value is -4.32. The molecule has 30 heavy (non-hydrogen) atoms. The number of aromatic amines is 2. The van der Waals surface area contributed by atoms with Crippen molar-refractivity contribution in [3.63, 3.8) is 0 Å². The molecule has 6 aromatic rings. The van der Waals surface area contributed by atoms with Gasteiger partial charge in [-0.25, -0.2) is 4.98 Å². The maximum Gasteiger partial charge on any atom is 0.159 e. The second-order valence-corrected chi connectivity index (χ2v) is 7.10. The van der Waals surface area contributed by atoms with Gasteiger partial charge in [0.2, 0.25) is 0 Å². The number of fused-ring (bicyclic) bond motifs is 2. The smallest absolute Gasteiger partial charge is 0.159 e. The first kappa shape index (κ1) is 16.6. The molecule has 6 heteroatoms. The summed E-state index contributed by atoms with van der Waals surface area (Å²) < 4.78 is 0. The third kappa shape index (κ3) is 2.66. The van der Waals surface area contributed by atoms with E-state index in [4.69, 9.17) is 4.98 Å². The quantitative estimate of drug-likeness (QED) is 0.435. The molecule has 0 fully saturated rings. The summed E-state index contributed by atoms with van der Waals surface area (Å²) in [4.78, 5) is 16.8. The van der Waals surface area contributed by atoms with Crippen molar-refractivity contribution in [1.29, 1.82) is 0 Å². The fourth-order valence-electron chi connectivity index (χ4n) is 3.81. The van der Waals surface area contributed by atoms with Crippen LogP contribution in [-0.4, -0.2) is 30.1 Å². The Labute approximate surface area is 171 Å². The fourth-order valence-corrected chi connectivity index (χ4v) is 3.81. The molecule has 0 saturated carbocycles. The molecule has 0 saturated heterocycles. The largest absolute Gasteiger partial charge is 0.337 e. The van der Waals surface area contributed by atoms with Crippen molar-refractivity contribution >= 4 is 21.9 Å². The molecule has 0 spiro atoms. The van der Waals surface area contributed by atoms with Crippen LogP contribution in [0.4, 0.5) is 0 Å². The van der Waals surface area contributed by atoms with E-state index >= 15 is 0 Å². The lowest BCUT2D eigenvalue weighted by Crippen LogP contribution is -1.83. The summed E-state index contributed by atoms with van der Waals surface area (Å²) in [6.45, 7) is 0. The van der Waals surface area contributed by atoms with Crippen LogP contribution >= 0.6 is 0 Å². The number of imidazole rings is 1. The maximum absolute atomic E-state index is 4.91. The molecule has 0 amide bonds. The minimum atomic E-state index is 0.732. The van der Waals surface area contributed by atoms with Crippen molar-refractivity contribution < 1.29 is 0 Å². The normalized spacial score (nSPS) is 11.3. The van der Waals surface area contributed by atoms with Gasteiger partial charge < -0.3 is 4.98 Å². The number of nitrogens with one attached hydrogen (secondary N) is 2. The number of pyridine rings is 2. The van der Waals surface area contributed by atoms with E-state index in [0.29, 0.717) is 0 Å². The highest BCUT2D eigenvalue weighted by molar-refractivity contribution is 5.98. The maximum atomic E-state index is 4.91. The summed E-state index contributed by atoms with van der Waals surface area (Å²) in [5.74, 6) is 0.732. The number of benzene rings is 2. The SMILES string of the molecule is c1cncc(-c2ccc3[nH]nc(-c4nc5c(-c6cccnc6)cccc5[nH]4)c3c2)c1. The van der Waals surface area contributed by atoms with Crippen LogP contribution in [0.2, 0.25) is 0 Å². The van der Waals surface area contributed by atoms with Gasteiger partial charge in [-0.05, 0) is 35.9 Å². The fraction of sp³-hybridized carbons (Fsp3) is 0. The molecule has 4 heterocycles. The van der Waals surface area contributed by atoms with Gasteiger partial charge in [0, 0.05) is 46.9 Å². The van der Waals surface area contributed by atoms with E-state index in [9.17, 15) is 0 Å². The molecule has 6 rings (SSSR count). The van der Waals surface area contributed by atoms with Gasteiger partial charge in [0.15, 0.2) is 5.82 Å². The van der Waals surface area contributed by atoms with Crippen molar-refractivity contribution in [2.45, 2.75) is 0 Å². The van der Waals surface area contributed by atoms with Gasteiger partial charge >= 0.3 is 0 Å². The van der Waals surface area contributed by atoms with Gasteiger partial charge in [0.1, 0.15) is 5.69 Å². The summed E-state index contributed by atoms with van der Waals surface area (Å²) in [6.07, 6.45) is 7.27. The van der Waals surface area contributed by atoms with E-state index in [1.54, 1.807) is 12.4 Å². The van der Waals surface area contributed by atoms with Gasteiger partial charge in [-0.2, -0.15) is 5.10 Å². The molecule has 0 aliphatic carbocycles. The van der Waals surface area contributed by atoms with Crippen LogP contribution in [0.1, 0.15) is 0 Å². The number of nitrogens with zero attached hydrogens (tertiary/aromatic N) is 4. The van der Waals surface area contributed by atoms with E-state index in [1.807, 2.05) is 48.8 Å². The lowest BCUT2D eigenvalue weighted by molar-refractivity contribution is 1.11. The van der Waals surface area contributed by atoms with Crippen LogP contribution in [0.25, 0.3) is 55.7 Å².